The van der Waals surface area contributed by atoms with Gasteiger partial charge in [0, 0.05) is 18.8 Å². The minimum atomic E-state index is -0.375. The zero-order chi connectivity index (χ0) is 16.4. The lowest BCUT2D eigenvalue weighted by Crippen LogP contribution is -2.23. The molecule has 2 heterocycles. The van der Waals surface area contributed by atoms with Gasteiger partial charge in [0.2, 0.25) is 0 Å². The summed E-state index contributed by atoms with van der Waals surface area (Å²) in [4.78, 5) is 16.2. The SMILES string of the molecule is [3H]c1ccc(OCc2cccnc2-n2nnn(C)c2=O)c(C)c1. The number of aryl methyl sites for hydroxylation is 2. The molecule has 3 aromatic rings. The molecule has 0 radical (unpaired) electrons. The number of para-hydroxylation sites is 1. The van der Waals surface area contributed by atoms with Gasteiger partial charge in [-0.2, -0.15) is 4.68 Å². The second kappa shape index (κ2) is 5.80. The van der Waals surface area contributed by atoms with E-state index in [1.54, 1.807) is 30.5 Å². The summed E-state index contributed by atoms with van der Waals surface area (Å²) in [5.41, 5.74) is 1.21. The molecule has 0 atom stereocenters. The molecule has 3 rings (SSSR count). The number of rotatable bonds is 4. The molecule has 0 saturated heterocycles. The summed E-state index contributed by atoms with van der Waals surface area (Å²) in [5.74, 6) is 1.07. The van der Waals surface area contributed by atoms with Crippen molar-refractivity contribution in [1.82, 2.24) is 24.8 Å². The number of benzene rings is 1. The third-order valence-electron chi connectivity index (χ3n) is 3.19. The number of tetrazole rings is 1. The van der Waals surface area contributed by atoms with Crippen molar-refractivity contribution in [2.75, 3.05) is 0 Å². The molecule has 0 N–H and O–H groups in total. The number of nitrogens with zero attached hydrogens (tertiary/aromatic N) is 5. The van der Waals surface area contributed by atoms with E-state index in [1.807, 2.05) is 13.0 Å². The van der Waals surface area contributed by atoms with Crippen LogP contribution in [0.4, 0.5) is 0 Å². The Labute approximate surface area is 128 Å². The van der Waals surface area contributed by atoms with Crippen LogP contribution in [0.3, 0.4) is 0 Å². The smallest absolute Gasteiger partial charge is 0.369 e. The van der Waals surface area contributed by atoms with Crippen LogP contribution in [0.5, 0.6) is 5.75 Å². The van der Waals surface area contributed by atoms with E-state index in [2.05, 4.69) is 15.4 Å². The maximum absolute atomic E-state index is 12.0. The molecule has 1 aromatic carbocycles. The average molecular weight is 299 g/mol. The molecule has 22 heavy (non-hydrogen) atoms. The highest BCUT2D eigenvalue weighted by atomic mass is 16.5. The molecule has 0 bridgehead atoms. The van der Waals surface area contributed by atoms with Crippen molar-refractivity contribution in [3.63, 3.8) is 0 Å². The fourth-order valence-electron chi connectivity index (χ4n) is 2.00. The Kier molecular flexibility index (Phi) is 3.37. The van der Waals surface area contributed by atoms with Crippen molar-refractivity contribution in [3.05, 3.63) is 64.2 Å². The van der Waals surface area contributed by atoms with E-state index in [-0.39, 0.29) is 12.3 Å². The van der Waals surface area contributed by atoms with Gasteiger partial charge in [0.25, 0.3) is 0 Å². The van der Waals surface area contributed by atoms with E-state index in [1.165, 1.54) is 7.05 Å². The van der Waals surface area contributed by atoms with Gasteiger partial charge < -0.3 is 4.74 Å². The first-order valence-electron chi connectivity index (χ1n) is 7.19. The molecule has 0 fully saturated rings. The summed E-state index contributed by atoms with van der Waals surface area (Å²) < 4.78 is 15.6. The molecular weight excluding hydrogens is 282 g/mol. The maximum Gasteiger partial charge on any atom is 0.369 e. The molecule has 0 aliphatic rings. The van der Waals surface area contributed by atoms with E-state index in [0.717, 1.165) is 14.9 Å². The first-order valence-corrected chi connectivity index (χ1v) is 6.69. The fourth-order valence-corrected chi connectivity index (χ4v) is 2.00. The van der Waals surface area contributed by atoms with E-state index in [9.17, 15) is 4.79 Å². The third kappa shape index (κ3) is 2.60. The first-order chi connectivity index (χ1) is 11.1. The Hall–Kier alpha value is -2.96. The van der Waals surface area contributed by atoms with Gasteiger partial charge in [0.05, 0.1) is 1.37 Å². The van der Waals surface area contributed by atoms with E-state index < -0.39 is 0 Å². The van der Waals surface area contributed by atoms with Crippen LogP contribution >= 0.6 is 0 Å². The van der Waals surface area contributed by atoms with Crippen molar-refractivity contribution < 1.29 is 6.11 Å². The van der Waals surface area contributed by atoms with Gasteiger partial charge in [0.1, 0.15) is 12.4 Å². The van der Waals surface area contributed by atoms with Crippen LogP contribution in [0.25, 0.3) is 5.82 Å². The molecule has 0 aliphatic carbocycles. The predicted molar refractivity (Wildman–Crippen MR) is 79.9 cm³/mol. The Morgan fingerprint density at radius 3 is 2.86 bits per heavy atom. The highest BCUT2D eigenvalue weighted by Gasteiger charge is 2.12. The summed E-state index contributed by atoms with van der Waals surface area (Å²) in [6, 6.07) is 9.17. The highest BCUT2D eigenvalue weighted by Crippen LogP contribution is 2.19. The van der Waals surface area contributed by atoms with Gasteiger partial charge in [-0.1, -0.05) is 24.2 Å². The predicted octanol–water partition coefficient (Wildman–Crippen LogP) is 1.25. The maximum atomic E-state index is 12.0. The molecule has 112 valence electrons. The van der Waals surface area contributed by atoms with Crippen LogP contribution in [-0.4, -0.2) is 24.8 Å². The number of hydrogen-bond donors (Lipinski definition) is 0. The molecule has 0 spiro atoms. The lowest BCUT2D eigenvalue weighted by atomic mass is 10.2. The quantitative estimate of drug-likeness (QED) is 0.725. The number of pyridine rings is 1. The Bertz CT molecular complexity index is 903. The number of aromatic nitrogens is 5. The first kappa shape index (κ1) is 12.8. The highest BCUT2D eigenvalue weighted by molar-refractivity contribution is 5.34. The Balaban J connectivity index is 1.89. The molecule has 0 saturated carbocycles. The average Bonchev–Trinajstić information content (AvgIpc) is 2.86. The van der Waals surface area contributed by atoms with E-state index in [0.29, 0.717) is 23.2 Å². The zero-order valence-corrected chi connectivity index (χ0v) is 12.2. The summed E-state index contributed by atoms with van der Waals surface area (Å²) >= 11 is 0. The lowest BCUT2D eigenvalue weighted by molar-refractivity contribution is 0.303. The van der Waals surface area contributed by atoms with Crippen molar-refractivity contribution >= 4 is 0 Å². The molecule has 2 aromatic heterocycles. The summed E-state index contributed by atoms with van der Waals surface area (Å²) in [6.07, 6.45) is 1.58. The van der Waals surface area contributed by atoms with E-state index >= 15 is 0 Å². The van der Waals surface area contributed by atoms with Gasteiger partial charge in [0.15, 0.2) is 5.82 Å². The standard InChI is InChI=1S/C15H15N5O2/c1-11-6-3-4-8-13(11)22-10-12-7-5-9-16-14(12)20-15(21)19(2)17-18-20/h3-9H,10H2,1-2H3/i3T. The monoisotopic (exact) mass is 299 g/mol. The number of ether oxygens (including phenoxy) is 1. The van der Waals surface area contributed by atoms with Crippen molar-refractivity contribution in [3.8, 4) is 11.6 Å². The van der Waals surface area contributed by atoms with Crippen molar-refractivity contribution in [2.45, 2.75) is 13.5 Å². The van der Waals surface area contributed by atoms with Gasteiger partial charge in [-0.3, -0.25) is 0 Å². The van der Waals surface area contributed by atoms with Crippen LogP contribution < -0.4 is 10.4 Å². The van der Waals surface area contributed by atoms with Gasteiger partial charge >= 0.3 is 5.69 Å². The molecule has 0 amide bonds. The van der Waals surface area contributed by atoms with Crippen molar-refractivity contribution in [1.29, 1.82) is 0 Å². The van der Waals surface area contributed by atoms with Gasteiger partial charge in [-0.05, 0) is 35.0 Å². The van der Waals surface area contributed by atoms with Gasteiger partial charge in [-0.25, -0.2) is 9.78 Å². The molecule has 0 unspecified atom stereocenters. The second-order valence-corrected chi connectivity index (χ2v) is 4.76. The van der Waals surface area contributed by atoms with Crippen LogP contribution in [-0.2, 0) is 13.7 Å². The Morgan fingerprint density at radius 2 is 2.14 bits per heavy atom. The van der Waals surface area contributed by atoms with Crippen LogP contribution in [0.15, 0.2) is 47.4 Å². The topological polar surface area (TPSA) is 74.8 Å². The summed E-state index contributed by atoms with van der Waals surface area (Å²) in [6.45, 7) is 2.11. The zero-order valence-electron chi connectivity index (χ0n) is 13.2. The lowest BCUT2D eigenvalue weighted by Gasteiger charge is -2.10. The minimum Gasteiger partial charge on any atom is -0.488 e. The van der Waals surface area contributed by atoms with Crippen molar-refractivity contribution in [2.24, 2.45) is 7.05 Å². The third-order valence-corrected chi connectivity index (χ3v) is 3.19. The summed E-state index contributed by atoms with van der Waals surface area (Å²) in [7, 11) is 1.52. The summed E-state index contributed by atoms with van der Waals surface area (Å²) in [5, 5.41) is 7.50. The molecule has 7 nitrogen and oxygen atoms in total. The van der Waals surface area contributed by atoms with Crippen LogP contribution in [0.1, 0.15) is 12.5 Å². The molecule has 7 heteroatoms. The normalized spacial score (nSPS) is 11.3. The van der Waals surface area contributed by atoms with Crippen LogP contribution in [0.2, 0.25) is 0 Å². The second-order valence-electron chi connectivity index (χ2n) is 4.76. The van der Waals surface area contributed by atoms with Gasteiger partial charge in [-0.15, -0.1) is 4.68 Å². The number of hydrogen-bond acceptors (Lipinski definition) is 5. The fraction of sp³-hybridized carbons (Fsp3) is 0.200. The molecule has 0 aliphatic heterocycles. The Morgan fingerprint density at radius 1 is 1.27 bits per heavy atom. The molecular formula is C15H15N5O2. The minimum absolute atomic E-state index is 0.227. The largest absolute Gasteiger partial charge is 0.488 e. The van der Waals surface area contributed by atoms with Crippen LogP contribution in [0, 0.1) is 6.92 Å². The van der Waals surface area contributed by atoms with E-state index in [4.69, 9.17) is 6.11 Å².